The van der Waals surface area contributed by atoms with Crippen LogP contribution < -0.4 is 0 Å². The van der Waals surface area contributed by atoms with Crippen LogP contribution in [-0.4, -0.2) is 32.7 Å². The molecule has 1 aromatic rings. The van der Waals surface area contributed by atoms with Crippen LogP contribution in [0.25, 0.3) is 0 Å². The van der Waals surface area contributed by atoms with E-state index in [0.717, 1.165) is 16.4 Å². The first-order valence-corrected chi connectivity index (χ1v) is 5.75. The van der Waals surface area contributed by atoms with E-state index in [9.17, 15) is 14.0 Å². The Morgan fingerprint density at radius 1 is 1.56 bits per heavy atom. The number of hydrogen-bond donors (Lipinski definition) is 0. The van der Waals surface area contributed by atoms with Crippen molar-refractivity contribution in [3.8, 4) is 0 Å². The summed E-state index contributed by atoms with van der Waals surface area (Å²) in [6, 6.07) is 1.70. The molecule has 0 saturated heterocycles. The maximum atomic E-state index is 13.4. The summed E-state index contributed by atoms with van der Waals surface area (Å²) in [6.45, 7) is 4.75. The van der Waals surface area contributed by atoms with Gasteiger partial charge in [-0.05, 0) is 19.9 Å². The maximum Gasteiger partial charge on any atom is 0.282 e. The number of nitrogens with zero attached hydrogens (tertiary/aromatic N) is 2. The van der Waals surface area contributed by atoms with Crippen molar-refractivity contribution in [2.75, 3.05) is 5.75 Å². The Labute approximate surface area is 97.2 Å². The van der Waals surface area contributed by atoms with Crippen molar-refractivity contribution in [2.45, 2.75) is 26.9 Å². The molecule has 0 radical (unpaired) electrons. The van der Waals surface area contributed by atoms with E-state index in [1.54, 1.807) is 19.9 Å². The van der Waals surface area contributed by atoms with E-state index < -0.39 is 12.1 Å². The Balaban J connectivity index is 2.70. The van der Waals surface area contributed by atoms with Crippen LogP contribution in [0.2, 0.25) is 0 Å². The fourth-order valence-corrected chi connectivity index (χ4v) is 1.77. The molecule has 1 atom stereocenters. The van der Waals surface area contributed by atoms with Gasteiger partial charge < -0.3 is 0 Å². The highest BCUT2D eigenvalue weighted by molar-refractivity contribution is 8.13. The van der Waals surface area contributed by atoms with E-state index in [1.807, 2.05) is 0 Å². The summed E-state index contributed by atoms with van der Waals surface area (Å²) in [6.07, 6.45) is -1.70. The first-order chi connectivity index (χ1) is 7.41. The highest BCUT2D eigenvalue weighted by Gasteiger charge is 2.22. The normalized spacial score (nSPS) is 12.5. The third kappa shape index (κ3) is 3.16. The van der Waals surface area contributed by atoms with Gasteiger partial charge in [0.2, 0.25) is 0 Å². The minimum atomic E-state index is -1.70. The van der Waals surface area contributed by atoms with Gasteiger partial charge in [0.15, 0.2) is 11.3 Å². The van der Waals surface area contributed by atoms with Crippen LogP contribution in [0.5, 0.6) is 0 Å². The first kappa shape index (κ1) is 12.9. The Kier molecular flexibility index (Phi) is 4.23. The average Bonchev–Trinajstić information content (AvgIpc) is 2.53. The third-order valence-corrected chi connectivity index (χ3v) is 2.79. The van der Waals surface area contributed by atoms with Crippen LogP contribution in [0.3, 0.4) is 0 Å². The van der Waals surface area contributed by atoms with Crippen molar-refractivity contribution in [3.05, 3.63) is 17.5 Å². The molecule has 0 aliphatic rings. The Bertz CT molecular complexity index is 417. The van der Waals surface area contributed by atoms with Crippen molar-refractivity contribution in [3.63, 3.8) is 0 Å². The van der Waals surface area contributed by atoms with Crippen LogP contribution in [0.1, 0.15) is 23.1 Å². The average molecular weight is 244 g/mol. The third-order valence-electron chi connectivity index (χ3n) is 1.92. The highest BCUT2D eigenvalue weighted by Crippen LogP contribution is 2.10. The van der Waals surface area contributed by atoms with E-state index in [0.29, 0.717) is 11.4 Å². The number of halogens is 1. The Morgan fingerprint density at radius 2 is 2.19 bits per heavy atom. The number of aromatic nitrogens is 2. The molecule has 0 fully saturated rings. The van der Waals surface area contributed by atoms with Crippen LogP contribution in [0.4, 0.5) is 4.39 Å². The largest absolute Gasteiger partial charge is 0.288 e. The molecule has 1 heterocycles. The number of rotatable bonds is 3. The molecule has 0 spiro atoms. The van der Waals surface area contributed by atoms with Gasteiger partial charge >= 0.3 is 0 Å². The Hall–Kier alpha value is -1.17. The van der Waals surface area contributed by atoms with Crippen molar-refractivity contribution < 1.29 is 14.0 Å². The molecule has 0 N–H and O–H groups in total. The van der Waals surface area contributed by atoms with Crippen LogP contribution >= 0.6 is 11.8 Å². The lowest BCUT2D eigenvalue weighted by atomic mass is 10.4. The molecule has 0 aliphatic heterocycles. The van der Waals surface area contributed by atoms with Crippen molar-refractivity contribution in [1.82, 2.24) is 9.78 Å². The van der Waals surface area contributed by atoms with Crippen molar-refractivity contribution >= 4 is 22.8 Å². The van der Waals surface area contributed by atoms with Crippen molar-refractivity contribution in [1.29, 1.82) is 0 Å². The van der Waals surface area contributed by atoms with Gasteiger partial charge in [0, 0.05) is 18.4 Å². The molecule has 88 valence electrons. The molecule has 1 rings (SSSR count). The van der Waals surface area contributed by atoms with Crippen LogP contribution in [-0.2, 0) is 4.79 Å². The summed E-state index contributed by atoms with van der Waals surface area (Å²) in [4.78, 5) is 22.2. The standard InChI is InChI=1S/C10H13FN2O2S/c1-6-4-7(2)13(12-6)10(15)9(11)5-16-8(3)14/h4,9H,5H2,1-3H3/t9-/m1/s1. The monoisotopic (exact) mass is 244 g/mol. The van der Waals surface area contributed by atoms with E-state index in [2.05, 4.69) is 5.10 Å². The number of hydrogen-bond acceptors (Lipinski definition) is 4. The maximum absolute atomic E-state index is 13.4. The number of aryl methyl sites for hydroxylation is 2. The lowest BCUT2D eigenvalue weighted by molar-refractivity contribution is -0.109. The molecule has 16 heavy (non-hydrogen) atoms. The fraction of sp³-hybridized carbons (Fsp3) is 0.500. The topological polar surface area (TPSA) is 52.0 Å². The lowest BCUT2D eigenvalue weighted by Crippen LogP contribution is -2.27. The summed E-state index contributed by atoms with van der Waals surface area (Å²) < 4.78 is 14.5. The smallest absolute Gasteiger partial charge is 0.282 e. The molecule has 0 bridgehead atoms. The predicted molar refractivity (Wildman–Crippen MR) is 60.4 cm³/mol. The minimum Gasteiger partial charge on any atom is -0.288 e. The van der Waals surface area contributed by atoms with E-state index in [1.165, 1.54) is 6.92 Å². The van der Waals surface area contributed by atoms with Gasteiger partial charge in [0.05, 0.1) is 5.69 Å². The summed E-state index contributed by atoms with van der Waals surface area (Å²) >= 11 is 0.799. The molecular weight excluding hydrogens is 231 g/mol. The molecule has 1 aromatic heterocycles. The molecule has 0 aliphatic carbocycles. The quantitative estimate of drug-likeness (QED) is 0.813. The lowest BCUT2D eigenvalue weighted by Gasteiger charge is -2.06. The van der Waals surface area contributed by atoms with Gasteiger partial charge in [0.1, 0.15) is 0 Å². The molecule has 0 aromatic carbocycles. The zero-order chi connectivity index (χ0) is 12.3. The van der Waals surface area contributed by atoms with Crippen LogP contribution in [0.15, 0.2) is 6.07 Å². The number of alkyl halides is 1. The number of thioether (sulfide) groups is 1. The second kappa shape index (κ2) is 5.25. The van der Waals surface area contributed by atoms with Gasteiger partial charge in [-0.25, -0.2) is 9.07 Å². The SMILES string of the molecule is CC(=O)SC[C@@H](F)C(=O)n1nc(C)cc1C. The fourth-order valence-electron chi connectivity index (χ4n) is 1.25. The number of carbonyl (C=O) groups is 2. The second-order valence-corrected chi connectivity index (χ2v) is 4.64. The second-order valence-electron chi connectivity index (χ2n) is 3.45. The van der Waals surface area contributed by atoms with Gasteiger partial charge in [-0.15, -0.1) is 0 Å². The first-order valence-electron chi connectivity index (χ1n) is 4.76. The molecule has 0 unspecified atom stereocenters. The highest BCUT2D eigenvalue weighted by atomic mass is 32.2. The van der Waals surface area contributed by atoms with Crippen molar-refractivity contribution in [2.24, 2.45) is 0 Å². The van der Waals surface area contributed by atoms with E-state index >= 15 is 0 Å². The van der Waals surface area contributed by atoms with E-state index in [4.69, 9.17) is 0 Å². The molecule has 4 nitrogen and oxygen atoms in total. The predicted octanol–water partition coefficient (Wildman–Crippen LogP) is 1.76. The van der Waals surface area contributed by atoms with Gasteiger partial charge in [0.25, 0.3) is 5.91 Å². The zero-order valence-electron chi connectivity index (χ0n) is 9.36. The molecule has 0 amide bonds. The van der Waals surface area contributed by atoms with E-state index in [-0.39, 0.29) is 10.9 Å². The molecule has 6 heteroatoms. The summed E-state index contributed by atoms with van der Waals surface area (Å²) in [7, 11) is 0. The Morgan fingerprint density at radius 3 is 2.62 bits per heavy atom. The van der Waals surface area contributed by atoms with Gasteiger partial charge in [-0.2, -0.15) is 5.10 Å². The zero-order valence-corrected chi connectivity index (χ0v) is 10.2. The minimum absolute atomic E-state index is 0.160. The molecule has 0 saturated carbocycles. The summed E-state index contributed by atoms with van der Waals surface area (Å²) in [5.41, 5.74) is 1.26. The molecular formula is C10H13FN2O2S. The summed E-state index contributed by atoms with van der Waals surface area (Å²) in [5.74, 6) is -0.883. The summed E-state index contributed by atoms with van der Waals surface area (Å²) in [5, 5.41) is 3.69. The van der Waals surface area contributed by atoms with Gasteiger partial charge in [-0.3, -0.25) is 9.59 Å². The number of carbonyl (C=O) groups excluding carboxylic acids is 2. The van der Waals surface area contributed by atoms with Crippen LogP contribution in [0, 0.1) is 13.8 Å². The van der Waals surface area contributed by atoms with Gasteiger partial charge in [-0.1, -0.05) is 11.8 Å².